The molecule has 2 rings (SSSR count). The van der Waals surface area contributed by atoms with Crippen molar-refractivity contribution in [1.29, 1.82) is 0 Å². The highest BCUT2D eigenvalue weighted by Crippen LogP contribution is 2.20. The molecule has 0 radical (unpaired) electrons. The summed E-state index contributed by atoms with van der Waals surface area (Å²) in [5.41, 5.74) is 1.08. The molecule has 1 aromatic rings. The van der Waals surface area contributed by atoms with Crippen LogP contribution in [-0.4, -0.2) is 43.6 Å². The van der Waals surface area contributed by atoms with Gasteiger partial charge >= 0.3 is 0 Å². The van der Waals surface area contributed by atoms with Gasteiger partial charge < -0.3 is 14.7 Å². The molecular formula is C16H23N3O2. The van der Waals surface area contributed by atoms with Crippen LogP contribution in [0.2, 0.25) is 0 Å². The zero-order chi connectivity index (χ0) is 15.2. The molecule has 0 spiro atoms. The van der Waals surface area contributed by atoms with Gasteiger partial charge in [-0.3, -0.25) is 4.99 Å². The number of aliphatic imine (C=N–C) groups is 2. The van der Waals surface area contributed by atoms with Crippen molar-refractivity contribution in [1.82, 2.24) is 0 Å². The predicted octanol–water partition coefficient (Wildman–Crippen LogP) is 2.35. The van der Waals surface area contributed by atoms with E-state index in [2.05, 4.69) is 28.7 Å². The summed E-state index contributed by atoms with van der Waals surface area (Å²) in [6, 6.07) is 7.83. The largest absolute Gasteiger partial charge is 0.497 e. The molecule has 114 valence electrons. The van der Waals surface area contributed by atoms with Gasteiger partial charge in [0.2, 0.25) is 0 Å². The molecule has 0 aliphatic carbocycles. The SMILES string of the molecule is COc1ccc(N2C=NC(=N[C@@H](CO)C(C)C)CC2)cc1. The van der Waals surface area contributed by atoms with E-state index < -0.39 is 0 Å². The molecule has 0 fully saturated rings. The second-order valence-electron chi connectivity index (χ2n) is 5.43. The average Bonchev–Trinajstić information content (AvgIpc) is 2.53. The number of ether oxygens (including phenoxy) is 1. The Kier molecular flexibility index (Phi) is 5.33. The van der Waals surface area contributed by atoms with Crippen LogP contribution in [-0.2, 0) is 0 Å². The monoisotopic (exact) mass is 289 g/mol. The van der Waals surface area contributed by atoms with Crippen LogP contribution in [0.5, 0.6) is 5.75 Å². The van der Waals surface area contributed by atoms with Gasteiger partial charge in [-0.05, 0) is 30.2 Å². The van der Waals surface area contributed by atoms with Crippen LogP contribution in [0, 0.1) is 5.92 Å². The van der Waals surface area contributed by atoms with Crippen LogP contribution in [0.3, 0.4) is 0 Å². The molecule has 5 nitrogen and oxygen atoms in total. The van der Waals surface area contributed by atoms with E-state index in [4.69, 9.17) is 4.74 Å². The van der Waals surface area contributed by atoms with Gasteiger partial charge in [-0.15, -0.1) is 0 Å². The number of amidine groups is 1. The summed E-state index contributed by atoms with van der Waals surface area (Å²) in [6.45, 7) is 5.02. The molecule has 0 unspecified atom stereocenters. The van der Waals surface area contributed by atoms with Crippen molar-refractivity contribution in [3.8, 4) is 5.75 Å². The van der Waals surface area contributed by atoms with Crippen molar-refractivity contribution < 1.29 is 9.84 Å². The number of aliphatic hydroxyl groups is 1. The Morgan fingerprint density at radius 3 is 2.52 bits per heavy atom. The Morgan fingerprint density at radius 2 is 2.05 bits per heavy atom. The molecule has 0 saturated heterocycles. The fraction of sp³-hybridized carbons (Fsp3) is 0.500. The molecule has 0 bridgehead atoms. The van der Waals surface area contributed by atoms with Crippen LogP contribution in [0.1, 0.15) is 20.3 Å². The minimum atomic E-state index is -0.0651. The number of benzene rings is 1. The van der Waals surface area contributed by atoms with Gasteiger partial charge in [0.15, 0.2) is 0 Å². The first-order valence-electron chi connectivity index (χ1n) is 7.26. The first kappa shape index (κ1) is 15.5. The summed E-state index contributed by atoms with van der Waals surface area (Å²) in [5.74, 6) is 1.97. The van der Waals surface area contributed by atoms with E-state index in [9.17, 15) is 5.11 Å². The first-order chi connectivity index (χ1) is 10.1. The van der Waals surface area contributed by atoms with Gasteiger partial charge in [0.1, 0.15) is 11.6 Å². The van der Waals surface area contributed by atoms with E-state index >= 15 is 0 Å². The molecule has 5 heteroatoms. The third-order valence-corrected chi connectivity index (χ3v) is 3.60. The second kappa shape index (κ2) is 7.22. The van der Waals surface area contributed by atoms with Gasteiger partial charge in [0.25, 0.3) is 0 Å². The van der Waals surface area contributed by atoms with Gasteiger partial charge in [0.05, 0.1) is 26.1 Å². The summed E-state index contributed by atoms with van der Waals surface area (Å²) in [7, 11) is 1.66. The van der Waals surface area contributed by atoms with Crippen molar-refractivity contribution >= 4 is 17.9 Å². The number of hydrogen-bond acceptors (Lipinski definition) is 4. The number of anilines is 1. The number of rotatable bonds is 5. The molecule has 0 saturated carbocycles. The topological polar surface area (TPSA) is 57.4 Å². The van der Waals surface area contributed by atoms with Crippen LogP contribution in [0.4, 0.5) is 5.69 Å². The second-order valence-corrected chi connectivity index (χ2v) is 5.43. The van der Waals surface area contributed by atoms with Crippen molar-refractivity contribution in [2.24, 2.45) is 15.9 Å². The number of hydrogen-bond donors (Lipinski definition) is 1. The third kappa shape index (κ3) is 4.04. The van der Waals surface area contributed by atoms with Gasteiger partial charge in [-0.2, -0.15) is 0 Å². The predicted molar refractivity (Wildman–Crippen MR) is 86.6 cm³/mol. The Balaban J connectivity index is 2.05. The molecule has 21 heavy (non-hydrogen) atoms. The Bertz CT molecular complexity index is 509. The van der Waals surface area contributed by atoms with Crippen molar-refractivity contribution in [2.75, 3.05) is 25.2 Å². The van der Waals surface area contributed by atoms with Crippen LogP contribution in [0.15, 0.2) is 34.3 Å². The van der Waals surface area contributed by atoms with Crippen LogP contribution < -0.4 is 9.64 Å². The lowest BCUT2D eigenvalue weighted by molar-refractivity contribution is 0.239. The Labute approximate surface area is 126 Å². The maximum atomic E-state index is 9.33. The molecule has 1 atom stereocenters. The number of nitrogens with zero attached hydrogens (tertiary/aromatic N) is 3. The molecule has 1 aliphatic rings. The normalized spacial score (nSPS) is 18.3. The smallest absolute Gasteiger partial charge is 0.127 e. The molecule has 0 aromatic heterocycles. The summed E-state index contributed by atoms with van der Waals surface area (Å²) in [5, 5.41) is 9.33. The van der Waals surface area contributed by atoms with E-state index in [-0.39, 0.29) is 12.6 Å². The summed E-state index contributed by atoms with van der Waals surface area (Å²) in [4.78, 5) is 11.0. The maximum absolute atomic E-state index is 9.33. The van der Waals surface area contributed by atoms with Crippen molar-refractivity contribution in [2.45, 2.75) is 26.3 Å². The van der Waals surface area contributed by atoms with Crippen molar-refractivity contribution in [3.05, 3.63) is 24.3 Å². The van der Waals surface area contributed by atoms with E-state index in [0.29, 0.717) is 5.92 Å². The highest BCUT2D eigenvalue weighted by Gasteiger charge is 2.15. The van der Waals surface area contributed by atoms with Crippen LogP contribution in [0.25, 0.3) is 0 Å². The zero-order valence-electron chi connectivity index (χ0n) is 12.9. The summed E-state index contributed by atoms with van der Waals surface area (Å²) < 4.78 is 5.16. The van der Waals surface area contributed by atoms with Gasteiger partial charge in [-0.1, -0.05) is 13.8 Å². The van der Waals surface area contributed by atoms with E-state index in [1.807, 2.05) is 24.3 Å². The van der Waals surface area contributed by atoms with E-state index in [1.54, 1.807) is 13.4 Å². The molecule has 1 aliphatic heterocycles. The number of methoxy groups -OCH3 is 1. The highest BCUT2D eigenvalue weighted by atomic mass is 16.5. The zero-order valence-corrected chi connectivity index (χ0v) is 12.9. The average molecular weight is 289 g/mol. The fourth-order valence-corrected chi connectivity index (χ4v) is 2.14. The Morgan fingerprint density at radius 1 is 1.33 bits per heavy atom. The molecule has 1 heterocycles. The first-order valence-corrected chi connectivity index (χ1v) is 7.26. The maximum Gasteiger partial charge on any atom is 0.127 e. The quantitative estimate of drug-likeness (QED) is 0.905. The summed E-state index contributed by atoms with van der Waals surface area (Å²) in [6.07, 6.45) is 2.59. The van der Waals surface area contributed by atoms with Gasteiger partial charge in [0, 0.05) is 18.7 Å². The molecular weight excluding hydrogens is 266 g/mol. The third-order valence-electron chi connectivity index (χ3n) is 3.60. The fourth-order valence-electron chi connectivity index (χ4n) is 2.14. The summed E-state index contributed by atoms with van der Waals surface area (Å²) >= 11 is 0. The van der Waals surface area contributed by atoms with Gasteiger partial charge in [-0.25, -0.2) is 4.99 Å². The highest BCUT2D eigenvalue weighted by molar-refractivity contribution is 5.97. The standard InChI is InChI=1S/C16H23N3O2/c1-12(2)15(10-20)18-16-8-9-19(11-17-16)13-4-6-14(21-3)7-5-13/h4-7,11-12,15,20H,8-10H2,1-3H3/t15-/m0/s1. The van der Waals surface area contributed by atoms with E-state index in [0.717, 1.165) is 30.2 Å². The Hall–Kier alpha value is -1.88. The number of aliphatic hydroxyl groups excluding tert-OH is 1. The molecule has 0 amide bonds. The van der Waals surface area contributed by atoms with E-state index in [1.165, 1.54) is 0 Å². The molecule has 1 N–H and O–H groups in total. The minimum absolute atomic E-state index is 0.0651. The lowest BCUT2D eigenvalue weighted by Crippen LogP contribution is -2.30. The lowest BCUT2D eigenvalue weighted by atomic mass is 10.1. The lowest BCUT2D eigenvalue weighted by Gasteiger charge is -2.24. The van der Waals surface area contributed by atoms with Crippen molar-refractivity contribution in [3.63, 3.8) is 0 Å². The van der Waals surface area contributed by atoms with Crippen LogP contribution >= 0.6 is 0 Å². The molecule has 1 aromatic carbocycles. The minimum Gasteiger partial charge on any atom is -0.497 e.